The van der Waals surface area contributed by atoms with Crippen LogP contribution >= 0.6 is 50.6 Å². The number of hydrogen-bond acceptors (Lipinski definition) is 6. The number of benzene rings is 4. The van der Waals surface area contributed by atoms with Gasteiger partial charge < -0.3 is 16.0 Å². The van der Waals surface area contributed by atoms with E-state index in [1.165, 1.54) is 23.1 Å². The van der Waals surface area contributed by atoms with E-state index in [9.17, 15) is 14.4 Å². The Morgan fingerprint density at radius 1 is 0.864 bits per heavy atom. The van der Waals surface area contributed by atoms with Crippen LogP contribution in [0.3, 0.4) is 0 Å². The molecule has 0 bridgehead atoms. The van der Waals surface area contributed by atoms with Crippen LogP contribution in [0.15, 0.2) is 124 Å². The zero-order valence-electron chi connectivity index (χ0n) is 22.9. The van der Waals surface area contributed by atoms with E-state index in [0.29, 0.717) is 27.0 Å². The molecule has 11 heteroatoms. The van der Waals surface area contributed by atoms with E-state index in [1.807, 2.05) is 47.8 Å². The number of aromatic nitrogens is 1. The smallest absolute Gasteiger partial charge is 0.272 e. The Hall–Kier alpha value is -4.22. The van der Waals surface area contributed by atoms with E-state index in [2.05, 4.69) is 36.9 Å². The summed E-state index contributed by atoms with van der Waals surface area (Å²) in [5.74, 6) is -0.878. The van der Waals surface area contributed by atoms with Crippen molar-refractivity contribution in [3.63, 3.8) is 0 Å². The summed E-state index contributed by atoms with van der Waals surface area (Å²) in [4.78, 5) is 44.0. The zero-order valence-corrected chi connectivity index (χ0v) is 26.9. The lowest BCUT2D eigenvalue weighted by molar-refractivity contribution is -0.114. The van der Waals surface area contributed by atoms with Crippen molar-refractivity contribution in [2.75, 3.05) is 16.4 Å². The summed E-state index contributed by atoms with van der Waals surface area (Å²) in [6.07, 6.45) is 1.58. The number of carbonyl (C=O) groups is 3. The van der Waals surface area contributed by atoms with Crippen molar-refractivity contribution in [2.45, 2.75) is 4.90 Å². The van der Waals surface area contributed by atoms with Crippen LogP contribution in [0, 0.1) is 0 Å². The Labute approximate surface area is 275 Å². The van der Waals surface area contributed by atoms with Gasteiger partial charge in [0, 0.05) is 36.6 Å². The topological polar surface area (TPSA) is 100 Å². The predicted molar refractivity (Wildman–Crippen MR) is 183 cm³/mol. The first-order valence-electron chi connectivity index (χ1n) is 13.2. The van der Waals surface area contributed by atoms with E-state index >= 15 is 0 Å². The summed E-state index contributed by atoms with van der Waals surface area (Å²) in [5.41, 5.74) is 3.49. The summed E-state index contributed by atoms with van der Waals surface area (Å²) >= 11 is 12.2. The largest absolute Gasteiger partial charge is 0.321 e. The number of thiazole rings is 1. The van der Waals surface area contributed by atoms with Crippen molar-refractivity contribution < 1.29 is 14.4 Å². The first kappa shape index (κ1) is 31.2. The predicted octanol–water partition coefficient (Wildman–Crippen LogP) is 8.37. The third kappa shape index (κ3) is 8.90. The van der Waals surface area contributed by atoms with Crippen molar-refractivity contribution in [3.05, 3.63) is 135 Å². The van der Waals surface area contributed by atoms with Gasteiger partial charge in [-0.25, -0.2) is 4.98 Å². The molecule has 0 atom stereocenters. The van der Waals surface area contributed by atoms with Crippen LogP contribution < -0.4 is 16.0 Å². The lowest BCUT2D eigenvalue weighted by Gasteiger charge is -2.12. The Balaban J connectivity index is 1.18. The third-order valence-electron chi connectivity index (χ3n) is 6.08. The lowest BCUT2D eigenvalue weighted by Crippen LogP contribution is -2.30. The quantitative estimate of drug-likeness (QED) is 0.100. The number of nitrogens with one attached hydrogen (secondary N) is 3. The fraction of sp³-hybridized carbons (Fsp3) is 0.0303. The van der Waals surface area contributed by atoms with Gasteiger partial charge in [-0.15, -0.1) is 23.1 Å². The van der Waals surface area contributed by atoms with Crippen molar-refractivity contribution >= 4 is 85.2 Å². The van der Waals surface area contributed by atoms with Gasteiger partial charge in [-0.05, 0) is 72.3 Å². The monoisotopic (exact) mass is 702 g/mol. The van der Waals surface area contributed by atoms with Crippen LogP contribution in [0.25, 0.3) is 17.3 Å². The van der Waals surface area contributed by atoms with Crippen LogP contribution in [-0.2, 0) is 9.59 Å². The van der Waals surface area contributed by atoms with Gasteiger partial charge >= 0.3 is 0 Å². The van der Waals surface area contributed by atoms with E-state index in [0.717, 1.165) is 20.6 Å². The molecule has 220 valence electrons. The molecule has 0 aliphatic carbocycles. The van der Waals surface area contributed by atoms with E-state index < -0.39 is 11.8 Å². The SMILES string of the molecule is O=C(CSc1ccc(NC(=O)/C(=C/c2ccc(Cl)cc2)NC(=O)c2ccccc2)cc1)Nc1nc(-c2ccc(Br)cc2)cs1. The Kier molecular flexibility index (Phi) is 10.6. The molecule has 0 fully saturated rings. The number of rotatable bonds is 10. The van der Waals surface area contributed by atoms with Gasteiger partial charge in [0.2, 0.25) is 5.91 Å². The van der Waals surface area contributed by atoms with Gasteiger partial charge in [0.25, 0.3) is 11.8 Å². The summed E-state index contributed by atoms with van der Waals surface area (Å²) in [6, 6.07) is 30.5. The number of halogens is 2. The highest BCUT2D eigenvalue weighted by Crippen LogP contribution is 2.27. The molecule has 1 heterocycles. The third-order valence-corrected chi connectivity index (χ3v) is 8.63. The highest BCUT2D eigenvalue weighted by Gasteiger charge is 2.15. The van der Waals surface area contributed by atoms with Crippen LogP contribution in [-0.4, -0.2) is 28.5 Å². The van der Waals surface area contributed by atoms with E-state index in [-0.39, 0.29) is 17.4 Å². The minimum atomic E-state index is -0.491. The molecule has 0 aliphatic rings. The van der Waals surface area contributed by atoms with Gasteiger partial charge in [0.1, 0.15) is 5.70 Å². The first-order valence-corrected chi connectivity index (χ1v) is 16.3. The molecule has 3 N–H and O–H groups in total. The Morgan fingerprint density at radius 3 is 2.27 bits per heavy atom. The van der Waals surface area contributed by atoms with Crippen LogP contribution in [0.5, 0.6) is 0 Å². The average Bonchev–Trinajstić information content (AvgIpc) is 3.50. The second kappa shape index (κ2) is 15.0. The van der Waals surface area contributed by atoms with Crippen LogP contribution in [0.1, 0.15) is 15.9 Å². The molecule has 0 saturated heterocycles. The lowest BCUT2D eigenvalue weighted by atomic mass is 10.1. The summed E-state index contributed by atoms with van der Waals surface area (Å²) in [7, 11) is 0. The van der Waals surface area contributed by atoms with Gasteiger partial charge in [0.05, 0.1) is 11.4 Å². The minimum Gasteiger partial charge on any atom is -0.321 e. The number of hydrogen-bond donors (Lipinski definition) is 3. The van der Waals surface area contributed by atoms with Crippen LogP contribution in [0.2, 0.25) is 5.02 Å². The van der Waals surface area contributed by atoms with Gasteiger partial charge in [-0.2, -0.15) is 0 Å². The van der Waals surface area contributed by atoms with Gasteiger partial charge in [-0.1, -0.05) is 70.0 Å². The molecule has 5 rings (SSSR count). The molecule has 0 aliphatic heterocycles. The van der Waals surface area contributed by atoms with E-state index in [4.69, 9.17) is 11.6 Å². The highest BCUT2D eigenvalue weighted by molar-refractivity contribution is 9.10. The molecule has 1 aromatic heterocycles. The molecular formula is C33H24BrClN4O3S2. The van der Waals surface area contributed by atoms with E-state index in [1.54, 1.807) is 66.7 Å². The maximum atomic E-state index is 13.2. The molecule has 4 aromatic carbocycles. The number of carbonyl (C=O) groups excluding carboxylic acids is 3. The maximum Gasteiger partial charge on any atom is 0.272 e. The van der Waals surface area contributed by atoms with Crippen molar-refractivity contribution in [1.29, 1.82) is 0 Å². The molecule has 0 spiro atoms. The summed E-state index contributed by atoms with van der Waals surface area (Å²) in [5, 5.41) is 11.4. The number of amides is 3. The second-order valence-corrected chi connectivity index (χ2v) is 12.5. The minimum absolute atomic E-state index is 0.0711. The molecule has 3 amide bonds. The summed E-state index contributed by atoms with van der Waals surface area (Å²) < 4.78 is 0.987. The normalized spacial score (nSPS) is 11.1. The molecule has 7 nitrogen and oxygen atoms in total. The summed E-state index contributed by atoms with van der Waals surface area (Å²) in [6.45, 7) is 0. The first-order chi connectivity index (χ1) is 21.3. The Morgan fingerprint density at radius 2 is 1.57 bits per heavy atom. The maximum absolute atomic E-state index is 13.2. The molecule has 5 aromatic rings. The van der Waals surface area contributed by atoms with Crippen LogP contribution in [0.4, 0.5) is 10.8 Å². The molecule has 0 radical (unpaired) electrons. The van der Waals surface area contributed by atoms with Crippen molar-refractivity contribution in [3.8, 4) is 11.3 Å². The average molecular weight is 704 g/mol. The highest BCUT2D eigenvalue weighted by atomic mass is 79.9. The molecular weight excluding hydrogens is 680 g/mol. The molecule has 44 heavy (non-hydrogen) atoms. The second-order valence-electron chi connectivity index (χ2n) is 9.29. The molecule has 0 saturated carbocycles. The van der Waals surface area contributed by atoms with Crippen molar-refractivity contribution in [1.82, 2.24) is 10.3 Å². The number of anilines is 2. The van der Waals surface area contributed by atoms with Crippen molar-refractivity contribution in [2.24, 2.45) is 0 Å². The zero-order chi connectivity index (χ0) is 30.9. The van der Waals surface area contributed by atoms with Gasteiger partial charge in [-0.3, -0.25) is 14.4 Å². The fourth-order valence-electron chi connectivity index (χ4n) is 3.89. The van der Waals surface area contributed by atoms with Gasteiger partial charge in [0.15, 0.2) is 5.13 Å². The fourth-order valence-corrected chi connectivity index (χ4v) is 5.71. The number of nitrogens with zero attached hydrogens (tertiary/aromatic N) is 1. The number of thioether (sulfide) groups is 1. The molecule has 0 unspecified atom stereocenters. The Bertz CT molecular complexity index is 1790. The standard InChI is InChI=1S/C33H24BrClN4O3S2/c34-24-10-8-22(9-11-24)29-19-44-33(38-29)39-30(40)20-43-27-16-14-26(15-17-27)36-32(42)28(18-21-6-12-25(35)13-7-21)37-31(41)23-4-2-1-3-5-23/h1-19H,20H2,(H,36,42)(H,37,41)(H,38,39,40)/b28-18-.